The van der Waals surface area contributed by atoms with Crippen LogP contribution in [0, 0.1) is 0 Å². The third kappa shape index (κ3) is 5.08. The van der Waals surface area contributed by atoms with Crippen molar-refractivity contribution in [2.24, 2.45) is 0 Å². The summed E-state index contributed by atoms with van der Waals surface area (Å²) in [6.07, 6.45) is -0.223. The van der Waals surface area contributed by atoms with Gasteiger partial charge in [-0.05, 0) is 41.3 Å². The van der Waals surface area contributed by atoms with Gasteiger partial charge in [0.05, 0.1) is 6.16 Å². The molecule has 0 aliphatic rings. The minimum atomic E-state index is -4.01. The molecular weight excluding hydrogens is 375 g/mol. The SMILES string of the molecule is CC(CCC(=O)O)(OP(=O)(O)Cc1ccccc1)c1ccc2ccccc2c1. The maximum Gasteiger partial charge on any atom is 0.333 e. The topological polar surface area (TPSA) is 83.8 Å². The number of carbonyl (C=O) groups is 1. The van der Waals surface area contributed by atoms with E-state index in [1.807, 2.05) is 48.5 Å². The molecule has 0 aromatic heterocycles. The van der Waals surface area contributed by atoms with Gasteiger partial charge in [-0.2, -0.15) is 0 Å². The van der Waals surface area contributed by atoms with Crippen molar-refractivity contribution in [3.8, 4) is 0 Å². The second-order valence-corrected chi connectivity index (χ2v) is 8.83. The van der Waals surface area contributed by atoms with Gasteiger partial charge in [0.2, 0.25) is 0 Å². The number of carboxylic acids is 1. The molecule has 0 heterocycles. The van der Waals surface area contributed by atoms with Gasteiger partial charge in [-0.3, -0.25) is 13.9 Å². The van der Waals surface area contributed by atoms with Gasteiger partial charge < -0.3 is 10.00 Å². The summed E-state index contributed by atoms with van der Waals surface area (Å²) >= 11 is 0. The Morgan fingerprint density at radius 1 is 1.00 bits per heavy atom. The Bertz CT molecular complexity index is 1020. The minimum absolute atomic E-state index is 0.0833. The van der Waals surface area contributed by atoms with Crippen molar-refractivity contribution in [1.29, 1.82) is 0 Å². The lowest BCUT2D eigenvalue weighted by Gasteiger charge is -2.32. The lowest BCUT2D eigenvalue weighted by molar-refractivity contribution is -0.138. The molecule has 2 unspecified atom stereocenters. The Kier molecular flexibility index (Phi) is 5.99. The molecule has 0 fully saturated rings. The van der Waals surface area contributed by atoms with Crippen molar-refractivity contribution >= 4 is 24.3 Å². The predicted molar refractivity (Wildman–Crippen MR) is 109 cm³/mol. The third-order valence-corrected chi connectivity index (χ3v) is 6.20. The first-order valence-corrected chi connectivity index (χ1v) is 10.8. The van der Waals surface area contributed by atoms with Crippen molar-refractivity contribution in [3.63, 3.8) is 0 Å². The number of aliphatic carboxylic acids is 1. The van der Waals surface area contributed by atoms with E-state index >= 15 is 0 Å². The Balaban J connectivity index is 1.94. The van der Waals surface area contributed by atoms with Crippen LogP contribution in [0.15, 0.2) is 72.8 Å². The average molecular weight is 398 g/mol. The Morgan fingerprint density at radius 2 is 1.64 bits per heavy atom. The Morgan fingerprint density at radius 3 is 2.32 bits per heavy atom. The van der Waals surface area contributed by atoms with Crippen LogP contribution in [0.25, 0.3) is 10.8 Å². The van der Waals surface area contributed by atoms with Gasteiger partial charge in [0.15, 0.2) is 0 Å². The standard InChI is InChI=1S/C22H23O5P/c1-22(14-13-21(23)24,20-12-11-18-9-5-6-10-19(18)15-20)27-28(25,26)16-17-7-3-2-4-8-17/h2-12,15H,13-14,16H2,1H3,(H,23,24)(H,25,26). The molecule has 2 N–H and O–H groups in total. The van der Waals surface area contributed by atoms with Gasteiger partial charge in [-0.15, -0.1) is 0 Å². The van der Waals surface area contributed by atoms with E-state index in [0.29, 0.717) is 11.1 Å². The van der Waals surface area contributed by atoms with Crippen LogP contribution in [0.4, 0.5) is 0 Å². The van der Waals surface area contributed by atoms with E-state index in [-0.39, 0.29) is 19.0 Å². The van der Waals surface area contributed by atoms with E-state index in [2.05, 4.69) is 0 Å². The fourth-order valence-electron chi connectivity index (χ4n) is 3.27. The molecule has 0 aliphatic heterocycles. The number of benzene rings is 3. The highest BCUT2D eigenvalue weighted by Crippen LogP contribution is 2.53. The highest BCUT2D eigenvalue weighted by atomic mass is 31.2. The summed E-state index contributed by atoms with van der Waals surface area (Å²) < 4.78 is 18.6. The summed E-state index contributed by atoms with van der Waals surface area (Å²) in [6.45, 7) is 1.67. The molecular formula is C22H23O5P. The summed E-state index contributed by atoms with van der Waals surface area (Å²) in [5, 5.41) is 11.1. The highest BCUT2D eigenvalue weighted by Gasteiger charge is 2.36. The molecule has 3 rings (SSSR count). The molecule has 6 heteroatoms. The maximum atomic E-state index is 12.9. The number of carboxylic acid groups (broad SMARTS) is 1. The molecule has 0 bridgehead atoms. The zero-order valence-corrected chi connectivity index (χ0v) is 16.5. The summed E-state index contributed by atoms with van der Waals surface area (Å²) in [5.41, 5.74) is 0.156. The number of hydrogen-bond acceptors (Lipinski definition) is 3. The van der Waals surface area contributed by atoms with Crippen LogP contribution in [0.3, 0.4) is 0 Å². The first-order valence-electron chi connectivity index (χ1n) is 9.05. The first-order chi connectivity index (χ1) is 13.3. The van der Waals surface area contributed by atoms with E-state index in [1.54, 1.807) is 31.2 Å². The second kappa shape index (κ2) is 8.27. The Hall–Kier alpha value is -2.46. The van der Waals surface area contributed by atoms with Gasteiger partial charge in [0.1, 0.15) is 5.60 Å². The summed E-state index contributed by atoms with van der Waals surface area (Å²) in [7, 11) is -4.01. The van der Waals surface area contributed by atoms with E-state index in [0.717, 1.165) is 10.8 Å². The average Bonchev–Trinajstić information content (AvgIpc) is 2.66. The van der Waals surface area contributed by atoms with Gasteiger partial charge in [0.25, 0.3) is 0 Å². The molecule has 0 aliphatic carbocycles. The molecule has 0 saturated heterocycles. The highest BCUT2D eigenvalue weighted by molar-refractivity contribution is 7.52. The minimum Gasteiger partial charge on any atom is -0.481 e. The van der Waals surface area contributed by atoms with E-state index in [9.17, 15) is 14.3 Å². The molecule has 0 radical (unpaired) electrons. The van der Waals surface area contributed by atoms with E-state index in [4.69, 9.17) is 9.63 Å². The van der Waals surface area contributed by atoms with E-state index in [1.165, 1.54) is 0 Å². The zero-order valence-electron chi connectivity index (χ0n) is 15.6. The van der Waals surface area contributed by atoms with Crippen molar-refractivity contribution in [3.05, 3.63) is 83.9 Å². The van der Waals surface area contributed by atoms with Gasteiger partial charge in [-0.25, -0.2) is 0 Å². The number of rotatable bonds is 8. The quantitative estimate of drug-likeness (QED) is 0.502. The van der Waals surface area contributed by atoms with Gasteiger partial charge >= 0.3 is 13.6 Å². The number of hydrogen-bond donors (Lipinski definition) is 2. The fraction of sp³-hybridized carbons (Fsp3) is 0.227. The van der Waals surface area contributed by atoms with Crippen molar-refractivity contribution in [2.75, 3.05) is 0 Å². The van der Waals surface area contributed by atoms with Crippen LogP contribution in [0.5, 0.6) is 0 Å². The molecule has 3 aromatic rings. The fourth-order valence-corrected chi connectivity index (χ4v) is 4.83. The van der Waals surface area contributed by atoms with Crippen LogP contribution in [-0.4, -0.2) is 16.0 Å². The molecule has 3 aromatic carbocycles. The smallest absolute Gasteiger partial charge is 0.333 e. The molecule has 0 spiro atoms. The zero-order chi connectivity index (χ0) is 20.2. The third-order valence-electron chi connectivity index (χ3n) is 4.75. The van der Waals surface area contributed by atoms with Crippen LogP contribution in [0.1, 0.15) is 30.9 Å². The molecule has 0 amide bonds. The first kappa shape index (κ1) is 20.3. The maximum absolute atomic E-state index is 12.9. The second-order valence-electron chi connectivity index (χ2n) is 7.06. The van der Waals surface area contributed by atoms with Crippen molar-refractivity contribution in [2.45, 2.75) is 31.5 Å². The molecule has 28 heavy (non-hydrogen) atoms. The molecule has 2 atom stereocenters. The lowest BCUT2D eigenvalue weighted by atomic mass is 9.89. The largest absolute Gasteiger partial charge is 0.481 e. The van der Waals surface area contributed by atoms with Crippen LogP contribution < -0.4 is 0 Å². The summed E-state index contributed by atoms with van der Waals surface area (Å²) in [4.78, 5) is 21.7. The summed E-state index contributed by atoms with van der Waals surface area (Å²) in [6, 6.07) is 22.3. The molecule has 0 saturated carbocycles. The van der Waals surface area contributed by atoms with E-state index < -0.39 is 19.2 Å². The van der Waals surface area contributed by atoms with Crippen LogP contribution in [-0.2, 0) is 25.6 Å². The van der Waals surface area contributed by atoms with Gasteiger partial charge in [0, 0.05) is 6.42 Å². The molecule has 5 nitrogen and oxygen atoms in total. The van der Waals surface area contributed by atoms with Crippen molar-refractivity contribution in [1.82, 2.24) is 0 Å². The van der Waals surface area contributed by atoms with Crippen LogP contribution in [0.2, 0.25) is 0 Å². The number of fused-ring (bicyclic) bond motifs is 1. The predicted octanol–water partition coefficient (Wildman–Crippen LogP) is 5.32. The monoisotopic (exact) mass is 398 g/mol. The van der Waals surface area contributed by atoms with Crippen LogP contribution >= 0.6 is 7.60 Å². The normalized spacial score (nSPS) is 15.6. The summed E-state index contributed by atoms with van der Waals surface area (Å²) in [5.74, 6) is -0.980. The Labute approximate surface area is 164 Å². The lowest BCUT2D eigenvalue weighted by Crippen LogP contribution is -2.26. The molecule has 146 valence electrons. The van der Waals surface area contributed by atoms with Crippen molar-refractivity contribution < 1.29 is 23.9 Å². The van der Waals surface area contributed by atoms with Gasteiger partial charge in [-0.1, -0.05) is 66.7 Å².